The van der Waals surface area contributed by atoms with Crippen LogP contribution in [-0.2, 0) is 14.8 Å². The van der Waals surface area contributed by atoms with E-state index in [4.69, 9.17) is 0 Å². The van der Waals surface area contributed by atoms with Crippen LogP contribution in [0.2, 0.25) is 0 Å². The molecule has 114 valence electrons. The summed E-state index contributed by atoms with van der Waals surface area (Å²) >= 11 is 0. The summed E-state index contributed by atoms with van der Waals surface area (Å²) in [6.07, 6.45) is 3.71. The van der Waals surface area contributed by atoms with Crippen molar-refractivity contribution >= 4 is 22.0 Å². The van der Waals surface area contributed by atoms with E-state index in [1.165, 1.54) is 5.41 Å². The van der Waals surface area contributed by atoms with Gasteiger partial charge in [-0.05, 0) is 24.5 Å². The average Bonchev–Trinajstić information content (AvgIpc) is 2.88. The molecule has 0 saturated carbocycles. The first-order chi connectivity index (χ1) is 10.1. The Hall–Kier alpha value is -1.66. The molecule has 1 aromatic rings. The van der Waals surface area contributed by atoms with E-state index in [9.17, 15) is 13.2 Å². The Morgan fingerprint density at radius 3 is 2.67 bits per heavy atom. The van der Waals surface area contributed by atoms with Crippen molar-refractivity contribution < 1.29 is 13.2 Å². The topological polar surface area (TPSA) is 66.5 Å². The second-order valence-electron chi connectivity index (χ2n) is 4.99. The van der Waals surface area contributed by atoms with Crippen LogP contribution in [0.3, 0.4) is 0 Å². The highest BCUT2D eigenvalue weighted by Crippen LogP contribution is 2.09. The number of nitrogens with one attached hydrogen (secondary N) is 1. The van der Waals surface area contributed by atoms with Crippen LogP contribution >= 0.6 is 0 Å². The molecule has 0 spiro atoms. The number of hydrogen-bond donors (Lipinski definition) is 1. The van der Waals surface area contributed by atoms with E-state index in [0.29, 0.717) is 25.9 Å². The highest BCUT2D eigenvalue weighted by Gasteiger charge is 2.19. The van der Waals surface area contributed by atoms with E-state index >= 15 is 0 Å². The fraction of sp³-hybridized carbons (Fsp3) is 0.400. The molecular weight excluding hydrogens is 288 g/mol. The van der Waals surface area contributed by atoms with Crippen molar-refractivity contribution in [3.05, 3.63) is 41.3 Å². The molecule has 0 unspecified atom stereocenters. The first kappa shape index (κ1) is 15.7. The van der Waals surface area contributed by atoms with E-state index in [0.717, 1.165) is 18.5 Å². The molecule has 0 aromatic heterocycles. The fourth-order valence-electron chi connectivity index (χ4n) is 2.21. The Bertz CT molecular complexity index is 597. The van der Waals surface area contributed by atoms with Crippen LogP contribution in [0.4, 0.5) is 0 Å². The summed E-state index contributed by atoms with van der Waals surface area (Å²) in [5.41, 5.74) is 0.838. The van der Waals surface area contributed by atoms with Crippen LogP contribution < -0.4 is 4.72 Å². The number of sulfonamides is 1. The molecule has 1 heterocycles. The standard InChI is InChI=1S/C15H20N2O3S/c18-15-8-4-11-17(15)12-5-10-16-21(19,20)13-9-14-6-2-1-3-7-14/h1-3,6-7,9,13,16H,4-5,8,10-12H2. The van der Waals surface area contributed by atoms with Crippen LogP contribution in [0.5, 0.6) is 0 Å². The van der Waals surface area contributed by atoms with Crippen LogP contribution in [0, 0.1) is 0 Å². The maximum atomic E-state index is 11.8. The smallest absolute Gasteiger partial charge is 0.233 e. The second kappa shape index (κ2) is 7.38. The van der Waals surface area contributed by atoms with Crippen LogP contribution in [0.15, 0.2) is 35.7 Å². The van der Waals surface area contributed by atoms with E-state index in [-0.39, 0.29) is 5.91 Å². The number of hydrogen-bond acceptors (Lipinski definition) is 3. The van der Waals surface area contributed by atoms with Gasteiger partial charge in [0.2, 0.25) is 15.9 Å². The first-order valence-electron chi connectivity index (χ1n) is 7.07. The van der Waals surface area contributed by atoms with Gasteiger partial charge in [-0.2, -0.15) is 0 Å². The van der Waals surface area contributed by atoms with Gasteiger partial charge in [0.05, 0.1) is 0 Å². The molecule has 0 radical (unpaired) electrons. The molecule has 1 aliphatic rings. The zero-order valence-electron chi connectivity index (χ0n) is 11.9. The maximum absolute atomic E-state index is 11.8. The lowest BCUT2D eigenvalue weighted by Gasteiger charge is -2.14. The van der Waals surface area contributed by atoms with Crippen LogP contribution in [-0.4, -0.2) is 38.9 Å². The molecule has 1 fully saturated rings. The molecule has 1 amide bonds. The Labute approximate surface area is 125 Å². The van der Waals surface area contributed by atoms with Gasteiger partial charge < -0.3 is 4.90 Å². The highest BCUT2D eigenvalue weighted by molar-refractivity contribution is 7.92. The second-order valence-corrected chi connectivity index (χ2v) is 6.64. The summed E-state index contributed by atoms with van der Waals surface area (Å²) < 4.78 is 26.1. The van der Waals surface area contributed by atoms with E-state index in [1.54, 1.807) is 11.0 Å². The third-order valence-electron chi connectivity index (χ3n) is 3.32. The minimum atomic E-state index is -3.42. The summed E-state index contributed by atoms with van der Waals surface area (Å²) in [5, 5.41) is 1.17. The number of amides is 1. The minimum absolute atomic E-state index is 0.168. The lowest BCUT2D eigenvalue weighted by molar-refractivity contribution is -0.127. The summed E-state index contributed by atoms with van der Waals surface area (Å²) in [4.78, 5) is 13.2. The van der Waals surface area contributed by atoms with Crippen molar-refractivity contribution in [2.75, 3.05) is 19.6 Å². The summed E-state index contributed by atoms with van der Waals surface area (Å²) in [5.74, 6) is 0.168. The number of benzene rings is 1. The van der Waals surface area contributed by atoms with E-state index in [2.05, 4.69) is 4.72 Å². The van der Waals surface area contributed by atoms with Gasteiger partial charge in [0.1, 0.15) is 0 Å². The maximum Gasteiger partial charge on any atom is 0.233 e. The average molecular weight is 308 g/mol. The quantitative estimate of drug-likeness (QED) is 0.778. The molecule has 1 N–H and O–H groups in total. The monoisotopic (exact) mass is 308 g/mol. The number of carbonyl (C=O) groups excluding carboxylic acids is 1. The molecule has 5 nitrogen and oxygen atoms in total. The molecule has 0 bridgehead atoms. The van der Waals surface area contributed by atoms with E-state index < -0.39 is 10.0 Å². The molecule has 1 saturated heterocycles. The Morgan fingerprint density at radius 2 is 2.00 bits per heavy atom. The zero-order chi connectivity index (χ0) is 15.1. The van der Waals surface area contributed by atoms with Crippen molar-refractivity contribution in [2.24, 2.45) is 0 Å². The van der Waals surface area contributed by atoms with Gasteiger partial charge in [0.25, 0.3) is 0 Å². The molecular formula is C15H20N2O3S. The van der Waals surface area contributed by atoms with Crippen molar-refractivity contribution in [1.29, 1.82) is 0 Å². The number of likely N-dealkylation sites (tertiary alicyclic amines) is 1. The van der Waals surface area contributed by atoms with Gasteiger partial charge >= 0.3 is 0 Å². The molecule has 1 aliphatic heterocycles. The summed E-state index contributed by atoms with van der Waals surface area (Å²) in [7, 11) is -3.42. The predicted molar refractivity (Wildman–Crippen MR) is 82.8 cm³/mol. The molecule has 1 aromatic carbocycles. The third kappa shape index (κ3) is 5.32. The molecule has 6 heteroatoms. The molecule has 2 rings (SSSR count). The summed E-state index contributed by atoms with van der Waals surface area (Å²) in [6, 6.07) is 9.26. The van der Waals surface area contributed by atoms with Gasteiger partial charge in [-0.3, -0.25) is 4.79 Å². The Kier molecular flexibility index (Phi) is 5.52. The zero-order valence-corrected chi connectivity index (χ0v) is 12.7. The minimum Gasteiger partial charge on any atom is -0.343 e. The van der Waals surface area contributed by atoms with Crippen molar-refractivity contribution in [1.82, 2.24) is 9.62 Å². The van der Waals surface area contributed by atoms with Crippen molar-refractivity contribution in [2.45, 2.75) is 19.3 Å². The van der Waals surface area contributed by atoms with Crippen LogP contribution in [0.1, 0.15) is 24.8 Å². The molecule has 0 atom stereocenters. The normalized spacial score (nSPS) is 16.0. The van der Waals surface area contributed by atoms with E-state index in [1.807, 2.05) is 30.3 Å². The highest BCUT2D eigenvalue weighted by atomic mass is 32.2. The fourth-order valence-corrected chi connectivity index (χ4v) is 3.07. The Balaban J connectivity index is 1.74. The SMILES string of the molecule is O=C1CCCN1CCCNS(=O)(=O)C=Cc1ccccc1. The molecule has 21 heavy (non-hydrogen) atoms. The van der Waals surface area contributed by atoms with Crippen LogP contribution in [0.25, 0.3) is 6.08 Å². The Morgan fingerprint density at radius 1 is 1.24 bits per heavy atom. The third-order valence-corrected chi connectivity index (χ3v) is 4.42. The lowest BCUT2D eigenvalue weighted by atomic mass is 10.2. The predicted octanol–water partition coefficient (Wildman–Crippen LogP) is 1.59. The number of nitrogens with zero attached hydrogens (tertiary/aromatic N) is 1. The van der Waals surface area contributed by atoms with Gasteiger partial charge in [0, 0.05) is 31.5 Å². The van der Waals surface area contributed by atoms with Gasteiger partial charge in [0.15, 0.2) is 0 Å². The first-order valence-corrected chi connectivity index (χ1v) is 8.62. The largest absolute Gasteiger partial charge is 0.343 e. The van der Waals surface area contributed by atoms with Crippen molar-refractivity contribution in [3.63, 3.8) is 0 Å². The van der Waals surface area contributed by atoms with Gasteiger partial charge in [-0.1, -0.05) is 30.3 Å². The van der Waals surface area contributed by atoms with Gasteiger partial charge in [-0.25, -0.2) is 13.1 Å². The lowest BCUT2D eigenvalue weighted by Crippen LogP contribution is -2.29. The summed E-state index contributed by atoms with van der Waals surface area (Å²) in [6.45, 7) is 1.74. The molecule has 0 aliphatic carbocycles. The van der Waals surface area contributed by atoms with Gasteiger partial charge in [-0.15, -0.1) is 0 Å². The number of rotatable bonds is 7. The van der Waals surface area contributed by atoms with Crippen molar-refractivity contribution in [3.8, 4) is 0 Å². The number of carbonyl (C=O) groups is 1.